The van der Waals surface area contributed by atoms with Gasteiger partial charge in [0.2, 0.25) is 0 Å². The zero-order valence-corrected chi connectivity index (χ0v) is 17.5. The Hall–Kier alpha value is -1.45. The number of anilines is 1. The summed E-state index contributed by atoms with van der Waals surface area (Å²) in [7, 11) is 0. The second-order valence-electron chi connectivity index (χ2n) is 5.05. The van der Waals surface area contributed by atoms with Crippen molar-refractivity contribution in [1.29, 1.82) is 0 Å². The molecule has 0 saturated heterocycles. The molecule has 0 saturated carbocycles. The molecule has 0 unspecified atom stereocenters. The number of non-ortho nitro benzene ring substituents is 1. The van der Waals surface area contributed by atoms with Crippen LogP contribution in [0.15, 0.2) is 42.7 Å². The molecule has 0 aromatic heterocycles. The summed E-state index contributed by atoms with van der Waals surface area (Å²) in [6, 6.07) is 6.71. The molecule has 2 rings (SSSR count). The Labute approximate surface area is 164 Å². The molecule has 0 aliphatic carbocycles. The minimum Gasteiger partial charge on any atom is -0.369 e. The number of nitrogens with zero attached hydrogens (tertiary/aromatic N) is 2. The fourth-order valence-corrected chi connectivity index (χ4v) is 4.28. The summed E-state index contributed by atoms with van der Waals surface area (Å²) in [5.74, 6) is 0.179. The van der Waals surface area contributed by atoms with Gasteiger partial charge in [-0.2, -0.15) is 0 Å². The maximum atomic E-state index is 10.9. The molecule has 6 nitrogen and oxygen atoms in total. The third-order valence-electron chi connectivity index (χ3n) is 3.19. The van der Waals surface area contributed by atoms with Gasteiger partial charge in [-0.25, -0.2) is 4.99 Å². The molecular formula is C15H13Br3N4O2. The number of nitro groups is 1. The van der Waals surface area contributed by atoms with Gasteiger partial charge in [0.25, 0.3) is 5.69 Å². The first kappa shape index (κ1) is 18.9. The SMILES string of the molecule is Cc1cc([N+](=O)[O-])cc(Br)c1N=C(N)Nc1c(C)cc(Br)cc1Br. The van der Waals surface area contributed by atoms with E-state index in [0.29, 0.717) is 15.7 Å². The molecule has 2 aromatic rings. The second kappa shape index (κ2) is 7.62. The monoisotopic (exact) mass is 518 g/mol. The molecule has 0 bridgehead atoms. The number of nitrogens with one attached hydrogen (secondary N) is 1. The van der Waals surface area contributed by atoms with Crippen molar-refractivity contribution in [2.75, 3.05) is 5.32 Å². The van der Waals surface area contributed by atoms with E-state index < -0.39 is 4.92 Å². The van der Waals surface area contributed by atoms with Crippen molar-refractivity contribution < 1.29 is 4.92 Å². The number of guanidine groups is 1. The summed E-state index contributed by atoms with van der Waals surface area (Å²) in [5.41, 5.74) is 8.96. The van der Waals surface area contributed by atoms with E-state index >= 15 is 0 Å². The van der Waals surface area contributed by atoms with E-state index in [1.807, 2.05) is 19.1 Å². The first-order valence-corrected chi connectivity index (χ1v) is 9.08. The van der Waals surface area contributed by atoms with Crippen molar-refractivity contribution in [3.05, 3.63) is 58.9 Å². The highest BCUT2D eigenvalue weighted by molar-refractivity contribution is 9.11. The number of aliphatic imine (C=N–C) groups is 1. The van der Waals surface area contributed by atoms with Crippen LogP contribution in [-0.2, 0) is 0 Å². The van der Waals surface area contributed by atoms with Crippen LogP contribution in [0.1, 0.15) is 11.1 Å². The van der Waals surface area contributed by atoms with Crippen LogP contribution in [0.5, 0.6) is 0 Å². The van der Waals surface area contributed by atoms with Crippen molar-refractivity contribution in [3.63, 3.8) is 0 Å². The zero-order valence-electron chi connectivity index (χ0n) is 12.7. The minimum atomic E-state index is -0.449. The highest BCUT2D eigenvalue weighted by atomic mass is 79.9. The van der Waals surface area contributed by atoms with Gasteiger partial charge in [0, 0.05) is 21.1 Å². The lowest BCUT2D eigenvalue weighted by Crippen LogP contribution is -2.23. The second-order valence-corrected chi connectivity index (χ2v) is 7.68. The van der Waals surface area contributed by atoms with Crippen LogP contribution in [0.2, 0.25) is 0 Å². The first-order valence-electron chi connectivity index (χ1n) is 6.70. The van der Waals surface area contributed by atoms with Crippen LogP contribution in [-0.4, -0.2) is 10.9 Å². The molecule has 0 aliphatic heterocycles. The molecule has 0 fully saturated rings. The molecule has 0 heterocycles. The lowest BCUT2D eigenvalue weighted by atomic mass is 10.2. The van der Waals surface area contributed by atoms with Gasteiger partial charge in [-0.15, -0.1) is 0 Å². The van der Waals surface area contributed by atoms with E-state index in [1.165, 1.54) is 12.1 Å². The van der Waals surface area contributed by atoms with Gasteiger partial charge in [-0.05, 0) is 69.0 Å². The van der Waals surface area contributed by atoms with Crippen LogP contribution in [0.3, 0.4) is 0 Å². The standard InChI is InChI=1S/C15H13Br3N4O2/c1-7-3-9(16)5-11(17)13(7)20-15(19)21-14-8(2)4-10(22(23)24)6-12(14)18/h3-6H,1-2H3,(H3,19,20,21). The number of hydrogen-bond acceptors (Lipinski definition) is 3. The summed E-state index contributed by atoms with van der Waals surface area (Å²) in [6.07, 6.45) is 0. The zero-order chi connectivity index (χ0) is 18.0. The summed E-state index contributed by atoms with van der Waals surface area (Å²) < 4.78 is 2.29. The van der Waals surface area contributed by atoms with Gasteiger partial charge in [-0.3, -0.25) is 10.1 Å². The Morgan fingerprint density at radius 3 is 2.33 bits per heavy atom. The van der Waals surface area contributed by atoms with Crippen LogP contribution in [0.25, 0.3) is 0 Å². The fraction of sp³-hybridized carbons (Fsp3) is 0.133. The van der Waals surface area contributed by atoms with Crippen LogP contribution >= 0.6 is 47.8 Å². The molecular weight excluding hydrogens is 508 g/mol. The summed E-state index contributed by atoms with van der Waals surface area (Å²) in [4.78, 5) is 14.8. The molecule has 0 aliphatic rings. The smallest absolute Gasteiger partial charge is 0.270 e. The summed E-state index contributed by atoms with van der Waals surface area (Å²) in [6.45, 7) is 3.68. The quantitative estimate of drug-likeness (QED) is 0.240. The van der Waals surface area contributed by atoms with Crippen LogP contribution in [0.4, 0.5) is 17.1 Å². The third-order valence-corrected chi connectivity index (χ3v) is 4.87. The summed E-state index contributed by atoms with van der Waals surface area (Å²) in [5, 5.41) is 13.9. The molecule has 2 aromatic carbocycles. The maximum absolute atomic E-state index is 10.9. The number of aryl methyl sites for hydroxylation is 2. The number of rotatable bonds is 3. The molecule has 0 radical (unpaired) electrons. The largest absolute Gasteiger partial charge is 0.369 e. The molecule has 0 amide bonds. The van der Waals surface area contributed by atoms with Crippen LogP contribution < -0.4 is 11.1 Å². The molecule has 9 heteroatoms. The van der Waals surface area contributed by atoms with E-state index in [2.05, 4.69) is 58.1 Å². The van der Waals surface area contributed by atoms with Crippen molar-refractivity contribution in [2.45, 2.75) is 13.8 Å². The average Bonchev–Trinajstić information content (AvgIpc) is 2.46. The van der Waals surface area contributed by atoms with Gasteiger partial charge >= 0.3 is 0 Å². The van der Waals surface area contributed by atoms with Gasteiger partial charge in [0.05, 0.1) is 20.8 Å². The molecule has 0 spiro atoms. The lowest BCUT2D eigenvalue weighted by molar-refractivity contribution is -0.385. The Morgan fingerprint density at radius 2 is 1.79 bits per heavy atom. The van der Waals surface area contributed by atoms with Crippen molar-refractivity contribution in [2.24, 2.45) is 10.7 Å². The Balaban J connectivity index is 2.37. The third kappa shape index (κ3) is 4.34. The molecule has 3 N–H and O–H groups in total. The number of nitrogens with two attached hydrogens (primary N) is 1. The van der Waals surface area contributed by atoms with Gasteiger partial charge in [0.15, 0.2) is 5.96 Å². The van der Waals surface area contributed by atoms with E-state index in [9.17, 15) is 10.1 Å². The number of hydrogen-bond donors (Lipinski definition) is 2. The van der Waals surface area contributed by atoms with Crippen LogP contribution in [0, 0.1) is 24.0 Å². The Bertz CT molecular complexity index is 807. The predicted octanol–water partition coefficient (Wildman–Crippen LogP) is 5.56. The van der Waals surface area contributed by atoms with Gasteiger partial charge in [-0.1, -0.05) is 15.9 Å². The molecule has 126 valence electrons. The normalized spacial score (nSPS) is 11.5. The topological polar surface area (TPSA) is 93.5 Å². The van der Waals surface area contributed by atoms with Gasteiger partial charge in [0.1, 0.15) is 0 Å². The highest BCUT2D eigenvalue weighted by Crippen LogP contribution is 2.34. The number of nitro benzene ring substituents is 1. The van der Waals surface area contributed by atoms with E-state index in [0.717, 1.165) is 20.2 Å². The number of benzene rings is 2. The first-order chi connectivity index (χ1) is 11.2. The number of halogens is 3. The maximum Gasteiger partial charge on any atom is 0.270 e. The lowest BCUT2D eigenvalue weighted by Gasteiger charge is -2.12. The van der Waals surface area contributed by atoms with Crippen molar-refractivity contribution in [3.8, 4) is 0 Å². The Kier molecular flexibility index (Phi) is 6.00. The van der Waals surface area contributed by atoms with Crippen molar-refractivity contribution in [1.82, 2.24) is 0 Å². The van der Waals surface area contributed by atoms with Gasteiger partial charge < -0.3 is 11.1 Å². The fourth-order valence-electron chi connectivity index (χ4n) is 2.10. The van der Waals surface area contributed by atoms with E-state index in [1.54, 1.807) is 6.92 Å². The van der Waals surface area contributed by atoms with E-state index in [-0.39, 0.29) is 11.6 Å². The molecule has 24 heavy (non-hydrogen) atoms. The average molecular weight is 521 g/mol. The summed E-state index contributed by atoms with van der Waals surface area (Å²) >= 11 is 10.2. The minimum absolute atomic E-state index is 0.00338. The van der Waals surface area contributed by atoms with E-state index in [4.69, 9.17) is 5.73 Å². The Morgan fingerprint density at radius 1 is 1.12 bits per heavy atom. The predicted molar refractivity (Wildman–Crippen MR) is 107 cm³/mol. The molecule has 0 atom stereocenters. The highest BCUT2D eigenvalue weighted by Gasteiger charge is 2.13. The van der Waals surface area contributed by atoms with Crippen molar-refractivity contribution >= 4 is 70.8 Å².